The van der Waals surface area contributed by atoms with Crippen LogP contribution in [-0.2, 0) is 19.3 Å². The van der Waals surface area contributed by atoms with Gasteiger partial charge in [-0.05, 0) is 94.5 Å². The molecule has 2 aliphatic rings. The Kier molecular flexibility index (Phi) is 7.83. The van der Waals surface area contributed by atoms with Crippen molar-refractivity contribution < 1.29 is 0 Å². The summed E-state index contributed by atoms with van der Waals surface area (Å²) in [6.45, 7) is 2.18. The van der Waals surface area contributed by atoms with Crippen LogP contribution in [0.2, 0.25) is 0 Å². The summed E-state index contributed by atoms with van der Waals surface area (Å²) in [5.74, 6) is 2.72. The lowest BCUT2D eigenvalue weighted by Crippen LogP contribution is -2.32. The first kappa shape index (κ1) is 22.5. The van der Waals surface area contributed by atoms with Crippen LogP contribution in [0.1, 0.15) is 55.3 Å². The Balaban J connectivity index is 1.22. The Bertz CT molecular complexity index is 844. The standard InChI is InChI=1S/C25H36BrN5/c1-31(2)24-22-5-3-4-6-23(22)29-25(30-24)28-21-13-9-19(10-14-21)17-27-16-15-18-7-11-20(26)12-8-18/h7-8,11-12,19,21,27H,3-6,9-10,13-17H2,1-2H3,(H,28,29,30). The number of nitrogens with zero attached hydrogens (tertiary/aromatic N) is 3. The van der Waals surface area contributed by atoms with E-state index in [1.54, 1.807) is 0 Å². The number of hydrogen-bond donors (Lipinski definition) is 2. The number of rotatable bonds is 8. The van der Waals surface area contributed by atoms with E-state index in [1.807, 2.05) is 0 Å². The summed E-state index contributed by atoms with van der Waals surface area (Å²) in [5.41, 5.74) is 4.02. The smallest absolute Gasteiger partial charge is 0.225 e. The quantitative estimate of drug-likeness (QED) is 0.515. The molecule has 31 heavy (non-hydrogen) atoms. The number of nitrogens with one attached hydrogen (secondary N) is 2. The van der Waals surface area contributed by atoms with Crippen molar-refractivity contribution in [1.29, 1.82) is 0 Å². The average molecular weight is 487 g/mol. The van der Waals surface area contributed by atoms with E-state index in [2.05, 4.69) is 69.8 Å². The van der Waals surface area contributed by atoms with Gasteiger partial charge in [0.15, 0.2) is 0 Å². The molecule has 0 radical (unpaired) electrons. The van der Waals surface area contributed by atoms with Crippen molar-refractivity contribution in [2.75, 3.05) is 37.4 Å². The zero-order valence-corrected chi connectivity index (χ0v) is 20.5. The van der Waals surface area contributed by atoms with E-state index in [0.717, 1.165) is 54.5 Å². The monoisotopic (exact) mass is 485 g/mol. The number of aryl methyl sites for hydroxylation is 1. The van der Waals surface area contributed by atoms with Crippen LogP contribution in [-0.4, -0.2) is 43.2 Å². The molecule has 4 rings (SSSR count). The number of aromatic nitrogens is 2. The molecule has 0 atom stereocenters. The van der Waals surface area contributed by atoms with Crippen molar-refractivity contribution in [3.8, 4) is 0 Å². The minimum Gasteiger partial charge on any atom is -0.362 e. The lowest BCUT2D eigenvalue weighted by atomic mass is 9.86. The Hall–Kier alpha value is -1.66. The van der Waals surface area contributed by atoms with Gasteiger partial charge in [-0.15, -0.1) is 0 Å². The molecule has 1 aromatic heterocycles. The maximum Gasteiger partial charge on any atom is 0.225 e. The van der Waals surface area contributed by atoms with Gasteiger partial charge in [0, 0.05) is 30.2 Å². The molecule has 5 nitrogen and oxygen atoms in total. The Morgan fingerprint density at radius 2 is 1.74 bits per heavy atom. The van der Waals surface area contributed by atoms with Gasteiger partial charge in [-0.25, -0.2) is 4.98 Å². The number of halogens is 1. The second kappa shape index (κ2) is 10.8. The van der Waals surface area contributed by atoms with Crippen molar-refractivity contribution in [3.63, 3.8) is 0 Å². The zero-order chi connectivity index (χ0) is 21.6. The molecule has 6 heteroatoms. The first-order valence-electron chi connectivity index (χ1n) is 11.9. The van der Waals surface area contributed by atoms with Crippen molar-refractivity contribution in [2.45, 2.75) is 63.8 Å². The summed E-state index contributed by atoms with van der Waals surface area (Å²) in [4.78, 5) is 11.9. The van der Waals surface area contributed by atoms with Crippen LogP contribution in [0.5, 0.6) is 0 Å². The van der Waals surface area contributed by atoms with Gasteiger partial charge in [-0.1, -0.05) is 28.1 Å². The fourth-order valence-corrected chi connectivity index (χ4v) is 5.16. The van der Waals surface area contributed by atoms with Crippen LogP contribution >= 0.6 is 15.9 Å². The van der Waals surface area contributed by atoms with E-state index >= 15 is 0 Å². The minimum absolute atomic E-state index is 0.496. The largest absolute Gasteiger partial charge is 0.362 e. The van der Waals surface area contributed by atoms with Crippen LogP contribution in [0.4, 0.5) is 11.8 Å². The maximum atomic E-state index is 4.90. The van der Waals surface area contributed by atoms with Crippen LogP contribution in [0, 0.1) is 5.92 Å². The molecule has 1 aromatic carbocycles. The van der Waals surface area contributed by atoms with E-state index in [1.165, 1.54) is 55.3 Å². The van der Waals surface area contributed by atoms with Gasteiger partial charge >= 0.3 is 0 Å². The predicted molar refractivity (Wildman–Crippen MR) is 133 cm³/mol. The lowest BCUT2D eigenvalue weighted by Gasteiger charge is -2.30. The van der Waals surface area contributed by atoms with Crippen LogP contribution in [0.25, 0.3) is 0 Å². The highest BCUT2D eigenvalue weighted by atomic mass is 79.9. The highest BCUT2D eigenvalue weighted by Crippen LogP contribution is 2.30. The Morgan fingerprint density at radius 1 is 1.00 bits per heavy atom. The molecule has 0 spiro atoms. The van der Waals surface area contributed by atoms with Crippen LogP contribution < -0.4 is 15.5 Å². The number of fused-ring (bicyclic) bond motifs is 1. The van der Waals surface area contributed by atoms with Crippen molar-refractivity contribution in [1.82, 2.24) is 15.3 Å². The van der Waals surface area contributed by atoms with E-state index in [0.29, 0.717) is 6.04 Å². The molecule has 1 saturated carbocycles. The van der Waals surface area contributed by atoms with E-state index in [-0.39, 0.29) is 0 Å². The van der Waals surface area contributed by atoms with Gasteiger partial charge < -0.3 is 15.5 Å². The molecular formula is C25H36BrN5. The molecule has 1 fully saturated rings. The van der Waals surface area contributed by atoms with Gasteiger partial charge in [0.2, 0.25) is 5.95 Å². The number of hydrogen-bond acceptors (Lipinski definition) is 5. The first-order chi connectivity index (χ1) is 15.1. The maximum absolute atomic E-state index is 4.90. The Labute approximate surface area is 195 Å². The number of benzene rings is 1. The Morgan fingerprint density at radius 3 is 2.48 bits per heavy atom. The summed E-state index contributed by atoms with van der Waals surface area (Å²) in [6.07, 6.45) is 10.8. The lowest BCUT2D eigenvalue weighted by molar-refractivity contribution is 0.325. The molecule has 0 amide bonds. The molecule has 0 saturated heterocycles. The fourth-order valence-electron chi connectivity index (χ4n) is 4.89. The van der Waals surface area contributed by atoms with E-state index in [9.17, 15) is 0 Å². The fraction of sp³-hybridized carbons (Fsp3) is 0.600. The topological polar surface area (TPSA) is 53.1 Å². The van der Waals surface area contributed by atoms with Crippen LogP contribution in [0.3, 0.4) is 0 Å². The minimum atomic E-state index is 0.496. The second-order valence-electron chi connectivity index (χ2n) is 9.34. The molecule has 0 aliphatic heterocycles. The summed E-state index contributed by atoms with van der Waals surface area (Å²) >= 11 is 3.50. The third-order valence-electron chi connectivity index (χ3n) is 6.70. The average Bonchev–Trinajstić information content (AvgIpc) is 2.78. The van der Waals surface area contributed by atoms with E-state index in [4.69, 9.17) is 9.97 Å². The zero-order valence-electron chi connectivity index (χ0n) is 19.0. The highest BCUT2D eigenvalue weighted by Gasteiger charge is 2.23. The summed E-state index contributed by atoms with van der Waals surface area (Å²) in [6, 6.07) is 9.14. The SMILES string of the molecule is CN(C)c1nc(NC2CCC(CNCCc3ccc(Br)cc3)CC2)nc2c1CCCC2. The summed E-state index contributed by atoms with van der Waals surface area (Å²) in [5, 5.41) is 7.34. The highest BCUT2D eigenvalue weighted by molar-refractivity contribution is 9.10. The first-order valence-corrected chi connectivity index (χ1v) is 12.7. The molecule has 0 bridgehead atoms. The molecule has 0 unspecified atom stereocenters. The summed E-state index contributed by atoms with van der Waals surface area (Å²) < 4.78 is 1.15. The molecule has 168 valence electrons. The molecule has 1 heterocycles. The van der Waals surface area contributed by atoms with Crippen LogP contribution in [0.15, 0.2) is 28.7 Å². The third kappa shape index (κ3) is 6.19. The number of anilines is 2. The van der Waals surface area contributed by atoms with Crippen molar-refractivity contribution in [2.24, 2.45) is 5.92 Å². The van der Waals surface area contributed by atoms with Gasteiger partial charge in [0.1, 0.15) is 5.82 Å². The van der Waals surface area contributed by atoms with Crippen molar-refractivity contribution >= 4 is 27.7 Å². The second-order valence-corrected chi connectivity index (χ2v) is 10.3. The van der Waals surface area contributed by atoms with Gasteiger partial charge in [0.25, 0.3) is 0 Å². The molecule has 2 aromatic rings. The predicted octanol–water partition coefficient (Wildman–Crippen LogP) is 4.99. The molecule has 2 N–H and O–H groups in total. The van der Waals surface area contributed by atoms with Gasteiger partial charge in [0.05, 0.1) is 5.69 Å². The third-order valence-corrected chi connectivity index (χ3v) is 7.23. The van der Waals surface area contributed by atoms with Gasteiger partial charge in [-0.2, -0.15) is 4.98 Å². The molecular weight excluding hydrogens is 450 g/mol. The normalized spacial score (nSPS) is 20.9. The molecule has 2 aliphatic carbocycles. The van der Waals surface area contributed by atoms with E-state index < -0.39 is 0 Å². The summed E-state index contributed by atoms with van der Waals surface area (Å²) in [7, 11) is 4.19. The van der Waals surface area contributed by atoms with Crippen molar-refractivity contribution in [3.05, 3.63) is 45.6 Å². The van der Waals surface area contributed by atoms with Gasteiger partial charge in [-0.3, -0.25) is 0 Å².